The Morgan fingerprint density at radius 2 is 1.88 bits per heavy atom. The van der Waals surface area contributed by atoms with E-state index < -0.39 is 27.6 Å². The van der Waals surface area contributed by atoms with Crippen LogP contribution in [0.3, 0.4) is 0 Å². The van der Waals surface area contributed by atoms with Crippen molar-refractivity contribution in [2.45, 2.75) is 24.3 Å². The predicted octanol–water partition coefficient (Wildman–Crippen LogP) is 2.61. The fourth-order valence-corrected chi connectivity index (χ4v) is 3.81. The van der Waals surface area contributed by atoms with Crippen molar-refractivity contribution in [3.8, 4) is 0 Å². The van der Waals surface area contributed by atoms with Gasteiger partial charge in [-0.3, -0.25) is 0 Å². The molecule has 2 aromatic heterocycles. The second kappa shape index (κ2) is 6.20. The minimum absolute atomic E-state index is 0.121. The lowest BCUT2D eigenvalue weighted by molar-refractivity contribution is -0.139. The first-order valence-corrected chi connectivity index (χ1v) is 9.54. The fraction of sp³-hybridized carbons (Fsp3) is 0.375. The van der Waals surface area contributed by atoms with E-state index in [2.05, 4.69) is 9.97 Å². The van der Waals surface area contributed by atoms with E-state index in [1.165, 1.54) is 0 Å². The van der Waals surface area contributed by atoms with Gasteiger partial charge in [0, 0.05) is 18.2 Å². The highest BCUT2D eigenvalue weighted by molar-refractivity contribution is 7.90. The van der Waals surface area contributed by atoms with Gasteiger partial charge in [-0.1, -0.05) is 6.07 Å². The van der Waals surface area contributed by atoms with Gasteiger partial charge in [-0.15, -0.1) is 0 Å². The van der Waals surface area contributed by atoms with Crippen LogP contribution in [0, 0.1) is 0 Å². The summed E-state index contributed by atoms with van der Waals surface area (Å²) in [6.07, 6.45) is -2.54. The van der Waals surface area contributed by atoms with Crippen LogP contribution in [0.25, 0.3) is 21.9 Å². The standard InChI is InChI=1S/C16H17F3N4O2S/c1-22(2)7-10-4-5-12-11(6-10)13-14(23(12)8-16(17,18)19)15(21-9-20-13)26(3,24)25/h4-6,9H,7-8H2,1-3H3. The highest BCUT2D eigenvalue weighted by Gasteiger charge is 2.32. The molecule has 0 fully saturated rings. The van der Waals surface area contributed by atoms with Crippen LogP contribution in [-0.4, -0.2) is 54.4 Å². The normalized spacial score (nSPS) is 13.2. The van der Waals surface area contributed by atoms with Crippen LogP contribution >= 0.6 is 0 Å². The van der Waals surface area contributed by atoms with Crippen molar-refractivity contribution < 1.29 is 21.6 Å². The second-order valence-electron chi connectivity index (χ2n) is 6.44. The minimum atomic E-state index is -4.52. The van der Waals surface area contributed by atoms with Crippen molar-refractivity contribution in [2.24, 2.45) is 0 Å². The van der Waals surface area contributed by atoms with E-state index in [9.17, 15) is 21.6 Å². The minimum Gasteiger partial charge on any atom is -0.328 e. The molecular weight excluding hydrogens is 369 g/mol. The highest BCUT2D eigenvalue weighted by atomic mass is 32.2. The highest BCUT2D eigenvalue weighted by Crippen LogP contribution is 2.34. The zero-order valence-electron chi connectivity index (χ0n) is 14.4. The summed E-state index contributed by atoms with van der Waals surface area (Å²) < 4.78 is 64.5. The summed E-state index contributed by atoms with van der Waals surface area (Å²) in [5.41, 5.74) is 1.22. The molecule has 0 saturated carbocycles. The van der Waals surface area contributed by atoms with E-state index >= 15 is 0 Å². The number of benzene rings is 1. The zero-order chi connectivity index (χ0) is 19.3. The molecule has 140 valence electrons. The molecular formula is C16H17F3N4O2S. The first kappa shape index (κ1) is 18.6. The van der Waals surface area contributed by atoms with Gasteiger partial charge in [0.15, 0.2) is 14.9 Å². The smallest absolute Gasteiger partial charge is 0.328 e. The largest absolute Gasteiger partial charge is 0.406 e. The zero-order valence-corrected chi connectivity index (χ0v) is 15.2. The van der Waals surface area contributed by atoms with Gasteiger partial charge in [-0.2, -0.15) is 13.2 Å². The van der Waals surface area contributed by atoms with E-state index in [1.54, 1.807) is 18.2 Å². The van der Waals surface area contributed by atoms with Gasteiger partial charge in [0.05, 0.1) is 5.52 Å². The molecule has 10 heteroatoms. The number of nitrogens with zero attached hydrogens (tertiary/aromatic N) is 4. The number of hydrogen-bond donors (Lipinski definition) is 0. The molecule has 0 unspecified atom stereocenters. The lowest BCUT2D eigenvalue weighted by Gasteiger charge is -2.12. The van der Waals surface area contributed by atoms with Gasteiger partial charge >= 0.3 is 6.18 Å². The van der Waals surface area contributed by atoms with Crippen LogP contribution in [0.4, 0.5) is 13.2 Å². The molecule has 3 aromatic rings. The monoisotopic (exact) mass is 386 g/mol. The second-order valence-corrected chi connectivity index (χ2v) is 8.37. The van der Waals surface area contributed by atoms with Gasteiger partial charge in [0.25, 0.3) is 0 Å². The molecule has 3 rings (SSSR count). The summed E-state index contributed by atoms with van der Waals surface area (Å²) in [5, 5.41) is 0.0630. The molecule has 0 aliphatic carbocycles. The number of halogens is 3. The number of fused-ring (bicyclic) bond motifs is 3. The van der Waals surface area contributed by atoms with Crippen LogP contribution < -0.4 is 0 Å². The Morgan fingerprint density at radius 1 is 1.19 bits per heavy atom. The Morgan fingerprint density at radius 3 is 2.46 bits per heavy atom. The third kappa shape index (κ3) is 3.51. The molecule has 0 N–H and O–H groups in total. The van der Waals surface area contributed by atoms with Crippen molar-refractivity contribution >= 4 is 31.8 Å². The van der Waals surface area contributed by atoms with Gasteiger partial charge in [0.1, 0.15) is 23.9 Å². The van der Waals surface area contributed by atoms with E-state index in [0.29, 0.717) is 11.9 Å². The van der Waals surface area contributed by atoms with Crippen molar-refractivity contribution in [3.05, 3.63) is 30.1 Å². The van der Waals surface area contributed by atoms with Crippen LogP contribution in [0.15, 0.2) is 29.6 Å². The van der Waals surface area contributed by atoms with Crippen LogP contribution in [-0.2, 0) is 22.9 Å². The van der Waals surface area contributed by atoms with E-state index in [1.807, 2.05) is 19.0 Å². The lowest BCUT2D eigenvalue weighted by atomic mass is 10.1. The van der Waals surface area contributed by atoms with Gasteiger partial charge in [-0.05, 0) is 31.8 Å². The van der Waals surface area contributed by atoms with Gasteiger partial charge in [-0.25, -0.2) is 18.4 Å². The van der Waals surface area contributed by atoms with Crippen molar-refractivity contribution in [2.75, 3.05) is 20.4 Å². The maximum absolute atomic E-state index is 13.1. The summed E-state index contributed by atoms with van der Waals surface area (Å²) in [4.78, 5) is 9.74. The first-order chi connectivity index (χ1) is 12.0. The number of hydrogen-bond acceptors (Lipinski definition) is 5. The van der Waals surface area contributed by atoms with Gasteiger partial charge < -0.3 is 9.47 Å². The molecule has 1 aromatic carbocycles. The summed E-state index contributed by atoms with van der Waals surface area (Å²) >= 11 is 0. The molecule has 0 saturated heterocycles. The third-order valence-corrected chi connectivity index (χ3v) is 4.85. The molecule has 0 aliphatic rings. The van der Waals surface area contributed by atoms with E-state index in [0.717, 1.165) is 22.7 Å². The maximum atomic E-state index is 13.1. The molecule has 6 nitrogen and oxygen atoms in total. The Labute approximate surface area is 148 Å². The number of sulfone groups is 1. The Hall–Kier alpha value is -2.20. The number of aromatic nitrogens is 3. The summed E-state index contributed by atoms with van der Waals surface area (Å²) in [6, 6.07) is 5.03. The topological polar surface area (TPSA) is 68.1 Å². The van der Waals surface area contributed by atoms with Crippen LogP contribution in [0.1, 0.15) is 5.56 Å². The van der Waals surface area contributed by atoms with Crippen molar-refractivity contribution in [1.82, 2.24) is 19.4 Å². The average molecular weight is 386 g/mol. The SMILES string of the molecule is CN(C)Cc1ccc2c(c1)c1ncnc(S(C)(=O)=O)c1n2CC(F)(F)F. The fourth-order valence-electron chi connectivity index (χ4n) is 3.01. The van der Waals surface area contributed by atoms with Crippen LogP contribution in [0.2, 0.25) is 0 Å². The molecule has 0 aliphatic heterocycles. The van der Waals surface area contributed by atoms with Crippen molar-refractivity contribution in [1.29, 1.82) is 0 Å². The average Bonchev–Trinajstić information content (AvgIpc) is 2.78. The molecule has 26 heavy (non-hydrogen) atoms. The summed E-state index contributed by atoms with van der Waals surface area (Å²) in [7, 11) is -0.0797. The van der Waals surface area contributed by atoms with E-state index in [-0.39, 0.29) is 16.6 Å². The van der Waals surface area contributed by atoms with Gasteiger partial charge in [0.2, 0.25) is 0 Å². The molecule has 0 atom stereocenters. The predicted molar refractivity (Wildman–Crippen MR) is 91.6 cm³/mol. The first-order valence-electron chi connectivity index (χ1n) is 7.65. The third-order valence-electron chi connectivity index (χ3n) is 3.85. The number of rotatable bonds is 4. The van der Waals surface area contributed by atoms with E-state index in [4.69, 9.17) is 0 Å². The van der Waals surface area contributed by atoms with Crippen LogP contribution in [0.5, 0.6) is 0 Å². The van der Waals surface area contributed by atoms with Crippen molar-refractivity contribution in [3.63, 3.8) is 0 Å². The number of alkyl halides is 3. The quantitative estimate of drug-likeness (QED) is 0.645. The molecule has 0 radical (unpaired) electrons. The summed E-state index contributed by atoms with van der Waals surface area (Å²) in [6.45, 7) is -0.734. The Bertz CT molecular complexity index is 1090. The molecule has 0 amide bonds. The maximum Gasteiger partial charge on any atom is 0.406 e. The lowest BCUT2D eigenvalue weighted by Crippen LogP contribution is -2.18. The summed E-state index contributed by atoms with van der Waals surface area (Å²) in [5.74, 6) is 0. The molecule has 2 heterocycles. The Kier molecular flexibility index (Phi) is 4.43. The molecule has 0 bridgehead atoms. The Balaban J connectivity index is 2.42. The molecule has 0 spiro atoms.